The number of piperazine rings is 1. The number of anilines is 1. The number of nitriles is 1. The zero-order valence-electron chi connectivity index (χ0n) is 12.7. The van der Waals surface area contributed by atoms with E-state index in [9.17, 15) is 4.79 Å². The van der Waals surface area contributed by atoms with Gasteiger partial charge in [0.2, 0.25) is 5.91 Å². The van der Waals surface area contributed by atoms with Crippen LogP contribution in [-0.4, -0.2) is 55.0 Å². The van der Waals surface area contributed by atoms with Gasteiger partial charge in [0.1, 0.15) is 0 Å². The van der Waals surface area contributed by atoms with Crippen molar-refractivity contribution in [2.45, 2.75) is 19.4 Å². The lowest BCUT2D eigenvalue weighted by atomic mass is 10.2. The van der Waals surface area contributed by atoms with Crippen LogP contribution in [0.25, 0.3) is 0 Å². The third-order valence-corrected chi connectivity index (χ3v) is 3.97. The molecule has 0 aromatic heterocycles. The number of carbonyl (C=O) groups is 1. The Bertz CT molecular complexity index is 537. The minimum absolute atomic E-state index is 0.00308. The van der Waals surface area contributed by atoms with Crippen molar-refractivity contribution >= 4 is 11.6 Å². The maximum Gasteiger partial charge on any atom is 0.225 e. The van der Waals surface area contributed by atoms with E-state index < -0.39 is 0 Å². The molecule has 1 amide bonds. The highest BCUT2D eigenvalue weighted by atomic mass is 16.1. The molecule has 1 aromatic rings. The molecule has 1 atom stereocenters. The summed E-state index contributed by atoms with van der Waals surface area (Å²) >= 11 is 0. The Kier molecular flexibility index (Phi) is 5.32. The van der Waals surface area contributed by atoms with Crippen LogP contribution in [0.3, 0.4) is 0 Å². The van der Waals surface area contributed by atoms with Gasteiger partial charge in [0, 0.05) is 44.3 Å². The summed E-state index contributed by atoms with van der Waals surface area (Å²) in [6.07, 6.45) is 0.479. The molecule has 1 heterocycles. The van der Waals surface area contributed by atoms with E-state index in [0.717, 1.165) is 26.2 Å². The van der Waals surface area contributed by atoms with Gasteiger partial charge in [0.15, 0.2) is 0 Å². The van der Waals surface area contributed by atoms with Crippen LogP contribution in [0.15, 0.2) is 24.3 Å². The first-order valence-electron chi connectivity index (χ1n) is 7.31. The molecule has 1 aromatic carbocycles. The van der Waals surface area contributed by atoms with Crippen molar-refractivity contribution < 1.29 is 4.79 Å². The second kappa shape index (κ2) is 7.21. The van der Waals surface area contributed by atoms with Crippen molar-refractivity contribution in [3.05, 3.63) is 29.8 Å². The van der Waals surface area contributed by atoms with E-state index in [1.807, 2.05) is 0 Å². The molecule has 5 heteroatoms. The molecule has 1 N–H and O–H groups in total. The van der Waals surface area contributed by atoms with Gasteiger partial charge >= 0.3 is 0 Å². The first-order chi connectivity index (χ1) is 10.1. The molecule has 0 radical (unpaired) electrons. The van der Waals surface area contributed by atoms with Crippen molar-refractivity contribution in [3.63, 3.8) is 0 Å². The average molecular weight is 286 g/mol. The Balaban J connectivity index is 1.78. The quantitative estimate of drug-likeness (QED) is 0.912. The number of hydrogen-bond acceptors (Lipinski definition) is 4. The van der Waals surface area contributed by atoms with Gasteiger partial charge in [0.05, 0.1) is 11.6 Å². The summed E-state index contributed by atoms with van der Waals surface area (Å²) in [6, 6.07) is 9.60. The highest BCUT2D eigenvalue weighted by Gasteiger charge is 2.20. The third-order valence-electron chi connectivity index (χ3n) is 3.97. The Labute approximate surface area is 126 Å². The molecular formula is C16H22N4O. The Morgan fingerprint density at radius 1 is 1.48 bits per heavy atom. The average Bonchev–Trinajstić information content (AvgIpc) is 2.48. The number of nitrogens with zero attached hydrogens (tertiary/aromatic N) is 3. The van der Waals surface area contributed by atoms with Crippen molar-refractivity contribution in [2.75, 3.05) is 38.5 Å². The Morgan fingerprint density at radius 3 is 3.00 bits per heavy atom. The molecule has 1 aliphatic heterocycles. The molecule has 112 valence electrons. The maximum atomic E-state index is 12.0. The lowest BCUT2D eigenvalue weighted by molar-refractivity contribution is -0.116. The summed E-state index contributed by atoms with van der Waals surface area (Å²) in [6.45, 7) is 6.06. The van der Waals surface area contributed by atoms with E-state index >= 15 is 0 Å². The van der Waals surface area contributed by atoms with Gasteiger partial charge in [-0.1, -0.05) is 6.07 Å². The molecule has 0 bridgehead atoms. The molecule has 0 spiro atoms. The first kappa shape index (κ1) is 15.5. The Hall–Kier alpha value is -1.90. The summed E-state index contributed by atoms with van der Waals surface area (Å²) in [5.74, 6) is -0.00308. The number of amides is 1. The van der Waals surface area contributed by atoms with E-state index in [0.29, 0.717) is 23.7 Å². The van der Waals surface area contributed by atoms with Crippen molar-refractivity contribution in [1.29, 1.82) is 5.26 Å². The SMILES string of the molecule is CC1CN(CCC(=O)Nc2cccc(C#N)c2)CCN1C. The van der Waals surface area contributed by atoms with Gasteiger partial charge in [-0.15, -0.1) is 0 Å². The van der Waals surface area contributed by atoms with Gasteiger partial charge in [0.25, 0.3) is 0 Å². The van der Waals surface area contributed by atoms with Crippen LogP contribution in [0.4, 0.5) is 5.69 Å². The summed E-state index contributed by atoms with van der Waals surface area (Å²) in [5.41, 5.74) is 1.24. The number of likely N-dealkylation sites (N-methyl/N-ethyl adjacent to an activating group) is 1. The topological polar surface area (TPSA) is 59.4 Å². The largest absolute Gasteiger partial charge is 0.326 e. The fourth-order valence-corrected chi connectivity index (χ4v) is 2.48. The molecule has 1 saturated heterocycles. The second-order valence-corrected chi connectivity index (χ2v) is 5.62. The number of carbonyl (C=O) groups excluding carboxylic acids is 1. The standard InChI is InChI=1S/C16H22N4O/c1-13-12-20(9-8-19(13)2)7-6-16(21)18-15-5-3-4-14(10-15)11-17/h3-5,10,13H,6-9,12H2,1-2H3,(H,18,21). The Morgan fingerprint density at radius 2 is 2.29 bits per heavy atom. The van der Waals surface area contributed by atoms with Gasteiger partial charge in [-0.05, 0) is 32.2 Å². The molecule has 2 rings (SSSR count). The van der Waals surface area contributed by atoms with Crippen molar-refractivity contribution in [1.82, 2.24) is 9.80 Å². The molecule has 1 unspecified atom stereocenters. The normalized spacial score (nSPS) is 20.0. The van der Waals surface area contributed by atoms with Crippen molar-refractivity contribution in [3.8, 4) is 6.07 Å². The minimum Gasteiger partial charge on any atom is -0.326 e. The van der Waals surface area contributed by atoms with Gasteiger partial charge in [-0.25, -0.2) is 0 Å². The molecule has 1 aliphatic rings. The maximum absolute atomic E-state index is 12.0. The zero-order chi connectivity index (χ0) is 15.2. The smallest absolute Gasteiger partial charge is 0.225 e. The van der Waals surface area contributed by atoms with E-state index in [1.165, 1.54) is 0 Å². The number of benzene rings is 1. The summed E-state index contributed by atoms with van der Waals surface area (Å²) in [5, 5.41) is 11.7. The summed E-state index contributed by atoms with van der Waals surface area (Å²) in [7, 11) is 2.14. The lowest BCUT2D eigenvalue weighted by Crippen LogP contribution is -2.50. The molecular weight excluding hydrogens is 264 g/mol. The van der Waals surface area contributed by atoms with Gasteiger partial charge in [-0.3, -0.25) is 4.79 Å². The lowest BCUT2D eigenvalue weighted by Gasteiger charge is -2.37. The van der Waals surface area contributed by atoms with E-state index in [-0.39, 0.29) is 5.91 Å². The fraction of sp³-hybridized carbons (Fsp3) is 0.500. The first-order valence-corrected chi connectivity index (χ1v) is 7.31. The van der Waals surface area contributed by atoms with Crippen LogP contribution in [0, 0.1) is 11.3 Å². The molecule has 21 heavy (non-hydrogen) atoms. The van der Waals surface area contributed by atoms with Crippen LogP contribution < -0.4 is 5.32 Å². The van der Waals surface area contributed by atoms with Crippen LogP contribution in [0.5, 0.6) is 0 Å². The molecule has 0 aliphatic carbocycles. The molecule has 5 nitrogen and oxygen atoms in total. The number of rotatable bonds is 4. The molecule has 1 fully saturated rings. The predicted octanol–water partition coefficient (Wildman–Crippen LogP) is 1.52. The number of hydrogen-bond donors (Lipinski definition) is 1. The van der Waals surface area contributed by atoms with Crippen LogP contribution in [0.1, 0.15) is 18.9 Å². The van der Waals surface area contributed by atoms with Crippen LogP contribution in [0.2, 0.25) is 0 Å². The van der Waals surface area contributed by atoms with Crippen LogP contribution >= 0.6 is 0 Å². The zero-order valence-corrected chi connectivity index (χ0v) is 12.7. The van der Waals surface area contributed by atoms with Gasteiger partial charge < -0.3 is 15.1 Å². The summed E-state index contributed by atoms with van der Waals surface area (Å²) in [4.78, 5) is 16.6. The number of nitrogens with one attached hydrogen (secondary N) is 1. The highest BCUT2D eigenvalue weighted by molar-refractivity contribution is 5.90. The fourth-order valence-electron chi connectivity index (χ4n) is 2.48. The second-order valence-electron chi connectivity index (χ2n) is 5.62. The van der Waals surface area contributed by atoms with Crippen molar-refractivity contribution in [2.24, 2.45) is 0 Å². The van der Waals surface area contributed by atoms with E-state index in [1.54, 1.807) is 24.3 Å². The van der Waals surface area contributed by atoms with Gasteiger partial charge in [-0.2, -0.15) is 5.26 Å². The third kappa shape index (κ3) is 4.55. The monoisotopic (exact) mass is 286 g/mol. The van der Waals surface area contributed by atoms with E-state index in [4.69, 9.17) is 5.26 Å². The van der Waals surface area contributed by atoms with Crippen LogP contribution in [-0.2, 0) is 4.79 Å². The minimum atomic E-state index is -0.00308. The predicted molar refractivity (Wildman–Crippen MR) is 82.9 cm³/mol. The molecule has 0 saturated carbocycles. The van der Waals surface area contributed by atoms with E-state index in [2.05, 4.69) is 35.2 Å². The summed E-state index contributed by atoms with van der Waals surface area (Å²) < 4.78 is 0. The highest BCUT2D eigenvalue weighted by Crippen LogP contribution is 2.11.